The third-order valence-corrected chi connectivity index (χ3v) is 4.30. The molecule has 3 N–H and O–H groups in total. The van der Waals surface area contributed by atoms with Crippen molar-refractivity contribution in [2.45, 2.75) is 24.5 Å². The molecule has 1 aliphatic rings. The molecule has 0 atom stereocenters. The highest BCUT2D eigenvalue weighted by Crippen LogP contribution is 2.24. The quantitative estimate of drug-likeness (QED) is 0.738. The lowest BCUT2D eigenvalue weighted by molar-refractivity contribution is 0.251. The topological polar surface area (TPSA) is 71.0 Å². The summed E-state index contributed by atoms with van der Waals surface area (Å²) in [6.07, 6.45) is 1.99. The summed E-state index contributed by atoms with van der Waals surface area (Å²) in [5.41, 5.74) is 2.86. The second-order valence-electron chi connectivity index (χ2n) is 5.03. The van der Waals surface area contributed by atoms with Crippen LogP contribution in [0.3, 0.4) is 0 Å². The van der Waals surface area contributed by atoms with Gasteiger partial charge >= 0.3 is 6.03 Å². The Hall–Kier alpha value is -1.70. The largest absolute Gasteiger partial charge is 0.332 e. The van der Waals surface area contributed by atoms with Gasteiger partial charge in [0.2, 0.25) is 0 Å². The predicted molar refractivity (Wildman–Crippen MR) is 95.3 cm³/mol. The third kappa shape index (κ3) is 4.40. The zero-order chi connectivity index (χ0) is 15.4. The summed E-state index contributed by atoms with van der Waals surface area (Å²) in [4.78, 5) is 13.1. The van der Waals surface area contributed by atoms with Crippen LogP contribution in [0.1, 0.15) is 11.4 Å². The zero-order valence-corrected chi connectivity index (χ0v) is 14.5. The van der Waals surface area contributed by atoms with Crippen molar-refractivity contribution in [1.82, 2.24) is 20.4 Å². The van der Waals surface area contributed by atoms with Gasteiger partial charge in [-0.05, 0) is 24.5 Å². The highest BCUT2D eigenvalue weighted by Gasteiger charge is 2.12. The van der Waals surface area contributed by atoms with Gasteiger partial charge in [-0.3, -0.25) is 4.68 Å². The van der Waals surface area contributed by atoms with Crippen molar-refractivity contribution in [1.29, 1.82) is 0 Å². The van der Waals surface area contributed by atoms with E-state index in [4.69, 9.17) is 0 Å². The maximum atomic E-state index is 12.0. The van der Waals surface area contributed by atoms with Gasteiger partial charge in [0.1, 0.15) is 0 Å². The SMILES string of the molecule is CSc1ccccc1NC(=O)NCc1cc2n(n1)CCNC2.Cl. The van der Waals surface area contributed by atoms with E-state index in [1.54, 1.807) is 11.8 Å². The number of para-hydroxylation sites is 1. The normalized spacial score (nSPS) is 12.9. The maximum Gasteiger partial charge on any atom is 0.319 e. The summed E-state index contributed by atoms with van der Waals surface area (Å²) in [7, 11) is 0. The first-order valence-corrected chi connectivity index (χ1v) is 8.43. The van der Waals surface area contributed by atoms with Crippen molar-refractivity contribution >= 4 is 35.9 Å². The number of rotatable bonds is 4. The van der Waals surface area contributed by atoms with Gasteiger partial charge in [-0.1, -0.05) is 12.1 Å². The van der Waals surface area contributed by atoms with Gasteiger partial charge in [0.15, 0.2) is 0 Å². The van der Waals surface area contributed by atoms with E-state index in [1.165, 1.54) is 0 Å². The first-order valence-electron chi connectivity index (χ1n) is 7.20. The fourth-order valence-electron chi connectivity index (χ4n) is 2.42. The summed E-state index contributed by atoms with van der Waals surface area (Å²) in [5.74, 6) is 0. The highest BCUT2D eigenvalue weighted by molar-refractivity contribution is 7.98. The van der Waals surface area contributed by atoms with Crippen LogP contribution in [-0.2, 0) is 19.6 Å². The predicted octanol–water partition coefficient (Wildman–Crippen LogP) is 2.45. The minimum Gasteiger partial charge on any atom is -0.332 e. The fraction of sp³-hybridized carbons (Fsp3) is 0.333. The van der Waals surface area contributed by atoms with Crippen LogP contribution in [-0.4, -0.2) is 28.6 Å². The van der Waals surface area contributed by atoms with E-state index in [0.29, 0.717) is 6.54 Å². The molecule has 8 heteroatoms. The number of hydrogen-bond acceptors (Lipinski definition) is 4. The Morgan fingerprint density at radius 2 is 2.26 bits per heavy atom. The highest BCUT2D eigenvalue weighted by atomic mass is 35.5. The van der Waals surface area contributed by atoms with E-state index in [-0.39, 0.29) is 18.4 Å². The number of carbonyl (C=O) groups is 1. The summed E-state index contributed by atoms with van der Waals surface area (Å²) in [6.45, 7) is 3.07. The van der Waals surface area contributed by atoms with E-state index in [9.17, 15) is 4.79 Å². The molecule has 124 valence electrons. The van der Waals surface area contributed by atoms with Gasteiger partial charge in [0.05, 0.1) is 30.2 Å². The summed E-state index contributed by atoms with van der Waals surface area (Å²) in [6, 6.07) is 9.56. The monoisotopic (exact) mass is 353 g/mol. The average molecular weight is 354 g/mol. The Morgan fingerprint density at radius 1 is 1.43 bits per heavy atom. The van der Waals surface area contributed by atoms with E-state index >= 15 is 0 Å². The number of benzene rings is 1. The minimum atomic E-state index is -0.217. The van der Waals surface area contributed by atoms with Crippen molar-refractivity contribution in [3.05, 3.63) is 41.7 Å². The molecule has 0 unspecified atom stereocenters. The number of aromatic nitrogens is 2. The maximum absolute atomic E-state index is 12.0. The number of nitrogens with zero attached hydrogens (tertiary/aromatic N) is 2. The van der Waals surface area contributed by atoms with Crippen LogP contribution in [0.15, 0.2) is 35.2 Å². The number of carbonyl (C=O) groups excluding carboxylic acids is 1. The molecule has 2 aromatic rings. The number of urea groups is 1. The molecule has 1 aliphatic heterocycles. The van der Waals surface area contributed by atoms with Crippen LogP contribution < -0.4 is 16.0 Å². The van der Waals surface area contributed by atoms with Crippen LogP contribution in [0.5, 0.6) is 0 Å². The Morgan fingerprint density at radius 3 is 3.04 bits per heavy atom. The van der Waals surface area contributed by atoms with Gasteiger partial charge in [0.25, 0.3) is 0 Å². The van der Waals surface area contributed by atoms with Crippen molar-refractivity contribution in [2.24, 2.45) is 0 Å². The smallest absolute Gasteiger partial charge is 0.319 e. The van der Waals surface area contributed by atoms with Crippen LogP contribution in [0.4, 0.5) is 10.5 Å². The lowest BCUT2D eigenvalue weighted by Gasteiger charge is -2.13. The molecule has 0 radical (unpaired) electrons. The number of hydrogen-bond donors (Lipinski definition) is 3. The Bertz CT molecular complexity index is 652. The van der Waals surface area contributed by atoms with E-state index in [0.717, 1.165) is 41.6 Å². The molecule has 3 rings (SSSR count). The second kappa shape index (κ2) is 8.24. The third-order valence-electron chi connectivity index (χ3n) is 3.51. The van der Waals surface area contributed by atoms with Crippen molar-refractivity contribution in [3.63, 3.8) is 0 Å². The molecular weight excluding hydrogens is 334 g/mol. The molecule has 0 saturated carbocycles. The molecular formula is C15H20ClN5OS. The number of anilines is 1. The number of amides is 2. The molecule has 2 heterocycles. The Balaban J connectivity index is 0.00000192. The number of nitrogens with one attached hydrogen (secondary N) is 3. The Kier molecular flexibility index (Phi) is 6.32. The van der Waals surface area contributed by atoms with Crippen LogP contribution in [0, 0.1) is 0 Å². The molecule has 0 aliphatic carbocycles. The molecule has 0 bridgehead atoms. The molecule has 2 amide bonds. The van der Waals surface area contributed by atoms with Gasteiger partial charge in [-0.2, -0.15) is 5.10 Å². The molecule has 1 aromatic heterocycles. The minimum absolute atomic E-state index is 0. The number of halogens is 1. The molecule has 23 heavy (non-hydrogen) atoms. The van der Waals surface area contributed by atoms with Crippen LogP contribution in [0.25, 0.3) is 0 Å². The fourth-order valence-corrected chi connectivity index (χ4v) is 2.98. The molecule has 0 saturated heterocycles. The number of fused-ring (bicyclic) bond motifs is 1. The van der Waals surface area contributed by atoms with E-state index in [1.807, 2.05) is 41.3 Å². The van der Waals surface area contributed by atoms with Crippen molar-refractivity contribution in [3.8, 4) is 0 Å². The first kappa shape index (κ1) is 17.7. The number of thioether (sulfide) groups is 1. The lowest BCUT2D eigenvalue weighted by Crippen LogP contribution is -2.29. The first-order chi connectivity index (χ1) is 10.8. The van der Waals surface area contributed by atoms with Crippen molar-refractivity contribution < 1.29 is 4.79 Å². The van der Waals surface area contributed by atoms with Gasteiger partial charge in [-0.25, -0.2) is 4.79 Å². The lowest BCUT2D eigenvalue weighted by atomic mass is 10.3. The molecule has 6 nitrogen and oxygen atoms in total. The summed E-state index contributed by atoms with van der Waals surface area (Å²) >= 11 is 1.60. The Labute approximate surface area is 145 Å². The van der Waals surface area contributed by atoms with Gasteiger partial charge in [0, 0.05) is 18.0 Å². The second-order valence-corrected chi connectivity index (χ2v) is 5.88. The van der Waals surface area contributed by atoms with E-state index < -0.39 is 0 Å². The standard InChI is InChI=1S/C15H19N5OS.ClH/c1-22-14-5-3-2-4-13(14)18-15(21)17-9-11-8-12-10-16-6-7-20(12)19-11;/h2-5,8,16H,6-7,9-10H2,1H3,(H2,17,18,21);1H. The van der Waals surface area contributed by atoms with Gasteiger partial charge < -0.3 is 16.0 Å². The van der Waals surface area contributed by atoms with Crippen LogP contribution in [0.2, 0.25) is 0 Å². The average Bonchev–Trinajstić information content (AvgIpc) is 2.96. The molecule has 0 fully saturated rings. The molecule has 1 aromatic carbocycles. The zero-order valence-electron chi connectivity index (χ0n) is 12.8. The van der Waals surface area contributed by atoms with Crippen LogP contribution >= 0.6 is 24.2 Å². The van der Waals surface area contributed by atoms with Gasteiger partial charge in [-0.15, -0.1) is 24.2 Å². The van der Waals surface area contributed by atoms with Crippen molar-refractivity contribution in [2.75, 3.05) is 18.1 Å². The summed E-state index contributed by atoms with van der Waals surface area (Å²) < 4.78 is 1.99. The summed E-state index contributed by atoms with van der Waals surface area (Å²) in [5, 5.41) is 13.5. The van der Waals surface area contributed by atoms with E-state index in [2.05, 4.69) is 21.0 Å². The molecule has 0 spiro atoms.